The Kier molecular flexibility index (Phi) is 3.94. The average Bonchev–Trinajstić information content (AvgIpc) is 3.00. The molecule has 1 aliphatic heterocycles. The quantitative estimate of drug-likeness (QED) is 0.852. The van der Waals surface area contributed by atoms with Crippen molar-refractivity contribution >= 4 is 28.1 Å². The summed E-state index contributed by atoms with van der Waals surface area (Å²) in [5.41, 5.74) is 1.22. The minimum Gasteiger partial charge on any atom is -0.341 e. The van der Waals surface area contributed by atoms with Crippen molar-refractivity contribution in [3.63, 3.8) is 0 Å². The Morgan fingerprint density at radius 1 is 1.15 bits per heavy atom. The maximum Gasteiger partial charge on any atom is 0.208 e. The largest absolute Gasteiger partial charge is 0.341 e. The smallest absolute Gasteiger partial charge is 0.208 e. The average molecular weight is 308 g/mol. The van der Waals surface area contributed by atoms with Crippen molar-refractivity contribution in [2.75, 3.05) is 4.90 Å². The van der Waals surface area contributed by atoms with E-state index >= 15 is 0 Å². The molecule has 1 aromatic carbocycles. The standard InChI is InChI=1S/C15H18ClN3S/c1-10-3-4-11(2)19(10)15-18-17-14(20-15)9-12-5-7-13(16)8-6-12/h5-8,10-11H,3-4,9H2,1-2H3. The Hall–Kier alpha value is -1.13. The van der Waals surface area contributed by atoms with Gasteiger partial charge in [0, 0.05) is 23.5 Å². The van der Waals surface area contributed by atoms with Crippen LogP contribution in [0.25, 0.3) is 0 Å². The van der Waals surface area contributed by atoms with Crippen LogP contribution in [0.5, 0.6) is 0 Å². The molecule has 0 N–H and O–H groups in total. The van der Waals surface area contributed by atoms with Gasteiger partial charge in [0.1, 0.15) is 5.01 Å². The van der Waals surface area contributed by atoms with E-state index in [-0.39, 0.29) is 0 Å². The van der Waals surface area contributed by atoms with Crippen LogP contribution in [0.1, 0.15) is 37.3 Å². The summed E-state index contributed by atoms with van der Waals surface area (Å²) in [5.74, 6) is 0. The summed E-state index contributed by atoms with van der Waals surface area (Å²) in [6, 6.07) is 9.07. The number of hydrogen-bond donors (Lipinski definition) is 0. The minimum absolute atomic E-state index is 0.571. The lowest BCUT2D eigenvalue weighted by atomic mass is 10.2. The van der Waals surface area contributed by atoms with E-state index in [9.17, 15) is 0 Å². The van der Waals surface area contributed by atoms with Crippen LogP contribution in [0.4, 0.5) is 5.13 Å². The Balaban J connectivity index is 1.75. The number of hydrogen-bond acceptors (Lipinski definition) is 4. The molecule has 2 heterocycles. The van der Waals surface area contributed by atoms with E-state index in [1.54, 1.807) is 11.3 Å². The number of aromatic nitrogens is 2. The Bertz CT molecular complexity index is 571. The molecular formula is C15H18ClN3S. The van der Waals surface area contributed by atoms with E-state index in [1.165, 1.54) is 18.4 Å². The van der Waals surface area contributed by atoms with Crippen molar-refractivity contribution in [1.29, 1.82) is 0 Å². The van der Waals surface area contributed by atoms with Gasteiger partial charge in [0.15, 0.2) is 0 Å². The van der Waals surface area contributed by atoms with Crippen molar-refractivity contribution < 1.29 is 0 Å². The van der Waals surface area contributed by atoms with Gasteiger partial charge in [-0.15, -0.1) is 10.2 Å². The van der Waals surface area contributed by atoms with E-state index in [0.717, 1.165) is 21.6 Å². The van der Waals surface area contributed by atoms with Gasteiger partial charge in [-0.2, -0.15) is 0 Å². The highest BCUT2D eigenvalue weighted by molar-refractivity contribution is 7.15. The summed E-state index contributed by atoms with van der Waals surface area (Å²) >= 11 is 7.61. The first-order chi connectivity index (χ1) is 9.63. The lowest BCUT2D eigenvalue weighted by molar-refractivity contribution is 0.686. The topological polar surface area (TPSA) is 29.0 Å². The third-order valence-corrected chi connectivity index (χ3v) is 5.09. The molecule has 5 heteroatoms. The highest BCUT2D eigenvalue weighted by atomic mass is 35.5. The molecule has 3 rings (SSSR count). The molecule has 0 saturated carbocycles. The lowest BCUT2D eigenvalue weighted by Gasteiger charge is -2.24. The second kappa shape index (κ2) is 5.70. The van der Waals surface area contributed by atoms with Gasteiger partial charge in [0.2, 0.25) is 5.13 Å². The van der Waals surface area contributed by atoms with Crippen LogP contribution < -0.4 is 4.90 Å². The zero-order chi connectivity index (χ0) is 14.1. The van der Waals surface area contributed by atoms with Crippen LogP contribution in [-0.2, 0) is 6.42 Å². The van der Waals surface area contributed by atoms with Crippen molar-refractivity contribution in [2.45, 2.75) is 45.2 Å². The maximum absolute atomic E-state index is 5.90. The zero-order valence-electron chi connectivity index (χ0n) is 11.7. The van der Waals surface area contributed by atoms with Gasteiger partial charge in [0.05, 0.1) is 0 Å². The summed E-state index contributed by atoms with van der Waals surface area (Å²) in [6.07, 6.45) is 3.31. The molecular weight excluding hydrogens is 290 g/mol. The highest BCUT2D eigenvalue weighted by Crippen LogP contribution is 2.32. The van der Waals surface area contributed by atoms with E-state index in [4.69, 9.17) is 11.6 Å². The Morgan fingerprint density at radius 2 is 1.80 bits per heavy atom. The summed E-state index contributed by atoms with van der Waals surface area (Å²) in [6.45, 7) is 4.54. The number of halogens is 1. The van der Waals surface area contributed by atoms with Crippen LogP contribution in [0.3, 0.4) is 0 Å². The number of nitrogens with zero attached hydrogens (tertiary/aromatic N) is 3. The van der Waals surface area contributed by atoms with Gasteiger partial charge in [-0.05, 0) is 44.4 Å². The molecule has 0 bridgehead atoms. The van der Waals surface area contributed by atoms with Crippen LogP contribution in [-0.4, -0.2) is 22.3 Å². The fourth-order valence-electron chi connectivity index (χ4n) is 2.77. The number of rotatable bonds is 3. The van der Waals surface area contributed by atoms with Crippen LogP contribution >= 0.6 is 22.9 Å². The third-order valence-electron chi connectivity index (χ3n) is 3.90. The molecule has 1 aliphatic rings. The molecule has 1 fully saturated rings. The van der Waals surface area contributed by atoms with Crippen molar-refractivity contribution in [3.05, 3.63) is 39.9 Å². The van der Waals surface area contributed by atoms with Crippen molar-refractivity contribution in [2.24, 2.45) is 0 Å². The van der Waals surface area contributed by atoms with Gasteiger partial charge in [0.25, 0.3) is 0 Å². The molecule has 0 radical (unpaired) electrons. The monoisotopic (exact) mass is 307 g/mol. The van der Waals surface area contributed by atoms with E-state index in [0.29, 0.717) is 12.1 Å². The molecule has 0 spiro atoms. The SMILES string of the molecule is CC1CCC(C)N1c1nnc(Cc2ccc(Cl)cc2)s1. The molecule has 1 aromatic heterocycles. The third kappa shape index (κ3) is 2.81. The minimum atomic E-state index is 0.571. The summed E-state index contributed by atoms with van der Waals surface area (Å²) in [5, 5.41) is 11.6. The zero-order valence-corrected chi connectivity index (χ0v) is 13.3. The second-order valence-electron chi connectivity index (χ2n) is 5.46. The molecule has 0 amide bonds. The predicted octanol–water partition coefficient (Wildman–Crippen LogP) is 4.16. The normalized spacial score (nSPS) is 22.4. The predicted molar refractivity (Wildman–Crippen MR) is 84.8 cm³/mol. The molecule has 3 nitrogen and oxygen atoms in total. The van der Waals surface area contributed by atoms with E-state index in [2.05, 4.69) is 28.9 Å². The second-order valence-corrected chi connectivity index (χ2v) is 6.94. The van der Waals surface area contributed by atoms with Gasteiger partial charge >= 0.3 is 0 Å². The van der Waals surface area contributed by atoms with Crippen LogP contribution in [0, 0.1) is 0 Å². The van der Waals surface area contributed by atoms with Gasteiger partial charge < -0.3 is 4.90 Å². The van der Waals surface area contributed by atoms with Gasteiger partial charge in [-0.3, -0.25) is 0 Å². The maximum atomic E-state index is 5.90. The lowest BCUT2D eigenvalue weighted by Crippen LogP contribution is -2.32. The first-order valence-electron chi connectivity index (χ1n) is 6.98. The summed E-state index contributed by atoms with van der Waals surface area (Å²) in [7, 11) is 0. The van der Waals surface area contributed by atoms with Crippen LogP contribution in [0.15, 0.2) is 24.3 Å². The Morgan fingerprint density at radius 3 is 2.45 bits per heavy atom. The van der Waals surface area contributed by atoms with Crippen molar-refractivity contribution in [1.82, 2.24) is 10.2 Å². The first-order valence-corrected chi connectivity index (χ1v) is 8.18. The van der Waals surface area contributed by atoms with Crippen LogP contribution in [0.2, 0.25) is 5.02 Å². The highest BCUT2D eigenvalue weighted by Gasteiger charge is 2.29. The fourth-order valence-corrected chi connectivity index (χ4v) is 3.97. The fraction of sp³-hybridized carbons (Fsp3) is 0.467. The van der Waals surface area contributed by atoms with Gasteiger partial charge in [-0.1, -0.05) is 35.1 Å². The molecule has 2 aromatic rings. The van der Waals surface area contributed by atoms with Gasteiger partial charge in [-0.25, -0.2) is 0 Å². The first kappa shape index (κ1) is 13.8. The molecule has 20 heavy (non-hydrogen) atoms. The molecule has 1 saturated heterocycles. The summed E-state index contributed by atoms with van der Waals surface area (Å²) < 4.78 is 0. The molecule has 106 valence electrons. The number of anilines is 1. The number of benzene rings is 1. The van der Waals surface area contributed by atoms with Crippen molar-refractivity contribution in [3.8, 4) is 0 Å². The van der Waals surface area contributed by atoms with E-state index < -0.39 is 0 Å². The molecule has 0 aliphatic carbocycles. The molecule has 2 atom stereocenters. The van der Waals surface area contributed by atoms with E-state index in [1.807, 2.05) is 24.3 Å². The summed E-state index contributed by atoms with van der Waals surface area (Å²) in [4.78, 5) is 2.41. The Labute approximate surface area is 128 Å². The molecule has 2 unspecified atom stereocenters.